The van der Waals surface area contributed by atoms with Gasteiger partial charge >= 0.3 is 5.97 Å². The Kier molecular flexibility index (Phi) is 6.39. The van der Waals surface area contributed by atoms with E-state index in [0.717, 1.165) is 11.3 Å². The first-order valence-electron chi connectivity index (χ1n) is 8.76. The molecule has 30 heavy (non-hydrogen) atoms. The van der Waals surface area contributed by atoms with E-state index in [1.807, 2.05) is 6.07 Å². The van der Waals surface area contributed by atoms with Crippen LogP contribution in [0.25, 0.3) is 0 Å². The Labute approximate surface area is 181 Å². The van der Waals surface area contributed by atoms with Gasteiger partial charge in [-0.15, -0.1) is 11.3 Å². The number of para-hydroxylation sites is 1. The van der Waals surface area contributed by atoms with Crippen molar-refractivity contribution in [2.24, 2.45) is 0 Å². The molecular weight excluding hydrogens is 426 g/mol. The number of ether oxygens (including phenoxy) is 1. The van der Waals surface area contributed by atoms with Gasteiger partial charge in [0.15, 0.2) is 0 Å². The van der Waals surface area contributed by atoms with Crippen molar-refractivity contribution in [3.05, 3.63) is 75.1 Å². The molecule has 0 unspecified atom stereocenters. The number of carbonyl (C=O) groups excluding carboxylic acids is 3. The van der Waals surface area contributed by atoms with Gasteiger partial charge in [0.05, 0.1) is 28.3 Å². The van der Waals surface area contributed by atoms with Gasteiger partial charge in [0, 0.05) is 11.3 Å². The molecule has 4 N–H and O–H groups in total. The SMILES string of the molecule is COC(=O)c1c(NC(=O)c2ccc(Cl)c(N)c2)sc(C(=O)Nc2ccccc2)c1C. The summed E-state index contributed by atoms with van der Waals surface area (Å²) in [6.07, 6.45) is 0. The number of halogens is 1. The summed E-state index contributed by atoms with van der Waals surface area (Å²) >= 11 is 6.88. The van der Waals surface area contributed by atoms with Gasteiger partial charge in [0.1, 0.15) is 5.00 Å². The van der Waals surface area contributed by atoms with Crippen molar-refractivity contribution in [1.82, 2.24) is 0 Å². The fraction of sp³-hybridized carbons (Fsp3) is 0.0952. The van der Waals surface area contributed by atoms with E-state index in [1.54, 1.807) is 31.2 Å². The molecule has 1 heterocycles. The minimum atomic E-state index is -0.659. The summed E-state index contributed by atoms with van der Waals surface area (Å²) in [4.78, 5) is 38.0. The second-order valence-corrected chi connectivity index (χ2v) is 7.69. The van der Waals surface area contributed by atoms with Crippen LogP contribution in [0.5, 0.6) is 0 Å². The highest BCUT2D eigenvalue weighted by molar-refractivity contribution is 7.19. The fourth-order valence-electron chi connectivity index (χ4n) is 2.74. The Balaban J connectivity index is 1.94. The zero-order valence-corrected chi connectivity index (χ0v) is 17.7. The summed E-state index contributed by atoms with van der Waals surface area (Å²) in [6.45, 7) is 1.62. The number of nitrogens with one attached hydrogen (secondary N) is 2. The van der Waals surface area contributed by atoms with Crippen LogP contribution in [0, 0.1) is 6.92 Å². The van der Waals surface area contributed by atoms with E-state index < -0.39 is 17.8 Å². The average molecular weight is 444 g/mol. The molecule has 0 fully saturated rings. The van der Waals surface area contributed by atoms with Crippen molar-refractivity contribution >= 4 is 57.1 Å². The van der Waals surface area contributed by atoms with Crippen LogP contribution in [-0.4, -0.2) is 24.9 Å². The number of benzene rings is 2. The molecule has 0 saturated carbocycles. The number of methoxy groups -OCH3 is 1. The lowest BCUT2D eigenvalue weighted by molar-refractivity contribution is 0.0601. The molecule has 0 aliphatic heterocycles. The van der Waals surface area contributed by atoms with Gasteiger partial charge in [-0.2, -0.15) is 0 Å². The fourth-order valence-corrected chi connectivity index (χ4v) is 3.94. The number of nitrogens with two attached hydrogens (primary N) is 1. The van der Waals surface area contributed by atoms with Crippen molar-refractivity contribution in [2.45, 2.75) is 6.92 Å². The molecule has 0 atom stereocenters. The molecule has 0 aliphatic carbocycles. The normalized spacial score (nSPS) is 10.4. The van der Waals surface area contributed by atoms with Crippen LogP contribution in [0.3, 0.4) is 0 Å². The van der Waals surface area contributed by atoms with Crippen LogP contribution in [0.4, 0.5) is 16.4 Å². The lowest BCUT2D eigenvalue weighted by atomic mass is 10.1. The number of esters is 1. The van der Waals surface area contributed by atoms with Crippen LogP contribution < -0.4 is 16.4 Å². The lowest BCUT2D eigenvalue weighted by Crippen LogP contribution is -2.14. The molecule has 0 spiro atoms. The van der Waals surface area contributed by atoms with Crippen molar-refractivity contribution < 1.29 is 19.1 Å². The molecule has 0 radical (unpaired) electrons. The van der Waals surface area contributed by atoms with Gasteiger partial charge in [-0.05, 0) is 42.8 Å². The van der Waals surface area contributed by atoms with E-state index in [0.29, 0.717) is 16.3 Å². The number of carbonyl (C=O) groups is 3. The predicted octanol–water partition coefficient (Wildman–Crippen LogP) is 4.58. The second-order valence-electron chi connectivity index (χ2n) is 6.26. The Morgan fingerprint density at radius 3 is 2.37 bits per heavy atom. The summed E-state index contributed by atoms with van der Waals surface area (Å²) in [5.74, 6) is -1.56. The summed E-state index contributed by atoms with van der Waals surface area (Å²) in [5.41, 5.74) is 7.41. The van der Waals surface area contributed by atoms with E-state index in [4.69, 9.17) is 22.1 Å². The maximum Gasteiger partial charge on any atom is 0.341 e. The maximum absolute atomic E-state index is 12.8. The summed E-state index contributed by atoms with van der Waals surface area (Å²) in [5, 5.41) is 5.97. The van der Waals surface area contributed by atoms with Crippen molar-refractivity contribution in [2.75, 3.05) is 23.5 Å². The standard InChI is InChI=1S/C21H18ClN3O4S/c1-11-16(21(28)29-2)20(25-18(26)12-8-9-14(22)15(23)10-12)30-17(11)19(27)24-13-6-4-3-5-7-13/h3-10H,23H2,1-2H3,(H,24,27)(H,25,26). The molecular formula is C21H18ClN3O4S. The number of nitrogen functional groups attached to an aromatic ring is 1. The maximum atomic E-state index is 12.8. The zero-order valence-electron chi connectivity index (χ0n) is 16.1. The molecule has 3 aromatic rings. The molecule has 0 saturated heterocycles. The average Bonchev–Trinajstić information content (AvgIpc) is 3.06. The monoisotopic (exact) mass is 443 g/mol. The van der Waals surface area contributed by atoms with Gasteiger partial charge in [-0.25, -0.2) is 4.79 Å². The highest BCUT2D eigenvalue weighted by atomic mass is 35.5. The van der Waals surface area contributed by atoms with Crippen LogP contribution in [0.2, 0.25) is 5.02 Å². The predicted molar refractivity (Wildman–Crippen MR) is 119 cm³/mol. The number of hydrogen-bond acceptors (Lipinski definition) is 6. The summed E-state index contributed by atoms with van der Waals surface area (Å²) in [7, 11) is 1.23. The number of rotatable bonds is 5. The van der Waals surface area contributed by atoms with Gasteiger partial charge < -0.3 is 21.1 Å². The molecule has 9 heteroatoms. The highest BCUT2D eigenvalue weighted by Gasteiger charge is 2.26. The largest absolute Gasteiger partial charge is 0.465 e. The molecule has 2 amide bonds. The third-order valence-electron chi connectivity index (χ3n) is 4.26. The first-order chi connectivity index (χ1) is 14.3. The Morgan fingerprint density at radius 1 is 1.03 bits per heavy atom. The Hall–Kier alpha value is -3.36. The molecule has 0 bridgehead atoms. The van der Waals surface area contributed by atoms with E-state index in [-0.39, 0.29) is 26.7 Å². The van der Waals surface area contributed by atoms with Crippen LogP contribution in [0.1, 0.15) is 36.0 Å². The van der Waals surface area contributed by atoms with Crippen LogP contribution in [-0.2, 0) is 4.74 Å². The molecule has 7 nitrogen and oxygen atoms in total. The van der Waals surface area contributed by atoms with Gasteiger partial charge in [0.25, 0.3) is 11.8 Å². The molecule has 3 rings (SSSR count). The van der Waals surface area contributed by atoms with Crippen LogP contribution in [0.15, 0.2) is 48.5 Å². The molecule has 0 aliphatic rings. The van der Waals surface area contributed by atoms with Crippen molar-refractivity contribution in [1.29, 1.82) is 0 Å². The molecule has 1 aromatic heterocycles. The smallest absolute Gasteiger partial charge is 0.341 e. The van der Waals surface area contributed by atoms with Gasteiger partial charge in [0.2, 0.25) is 0 Å². The van der Waals surface area contributed by atoms with Crippen molar-refractivity contribution in [3.8, 4) is 0 Å². The van der Waals surface area contributed by atoms with E-state index in [1.165, 1.54) is 25.3 Å². The molecule has 2 aromatic carbocycles. The lowest BCUT2D eigenvalue weighted by Gasteiger charge is -2.07. The Bertz CT molecular complexity index is 1130. The first kappa shape index (κ1) is 21.4. The Morgan fingerprint density at radius 2 is 1.73 bits per heavy atom. The topological polar surface area (TPSA) is 111 Å². The van der Waals surface area contributed by atoms with Crippen molar-refractivity contribution in [3.63, 3.8) is 0 Å². The van der Waals surface area contributed by atoms with E-state index in [2.05, 4.69) is 10.6 Å². The number of anilines is 3. The zero-order chi connectivity index (χ0) is 21.8. The van der Waals surface area contributed by atoms with Gasteiger partial charge in [-0.3, -0.25) is 9.59 Å². The quantitative estimate of drug-likeness (QED) is 0.394. The van der Waals surface area contributed by atoms with Gasteiger partial charge in [-0.1, -0.05) is 29.8 Å². The number of hydrogen-bond donors (Lipinski definition) is 3. The minimum Gasteiger partial charge on any atom is -0.465 e. The van der Waals surface area contributed by atoms with E-state index >= 15 is 0 Å². The van der Waals surface area contributed by atoms with E-state index in [9.17, 15) is 14.4 Å². The number of thiophene rings is 1. The van der Waals surface area contributed by atoms with Crippen LogP contribution >= 0.6 is 22.9 Å². The number of amides is 2. The third kappa shape index (κ3) is 4.45. The minimum absolute atomic E-state index is 0.121. The molecule has 154 valence electrons. The summed E-state index contributed by atoms with van der Waals surface area (Å²) < 4.78 is 4.84. The third-order valence-corrected chi connectivity index (χ3v) is 5.81. The summed E-state index contributed by atoms with van der Waals surface area (Å²) in [6, 6.07) is 13.4. The first-order valence-corrected chi connectivity index (χ1v) is 9.95. The highest BCUT2D eigenvalue weighted by Crippen LogP contribution is 2.34. The second kappa shape index (κ2) is 8.98.